The van der Waals surface area contributed by atoms with Gasteiger partial charge < -0.3 is 10.1 Å². The molecule has 2 atom stereocenters. The molecule has 0 bridgehead atoms. The molecule has 1 aromatic rings. The summed E-state index contributed by atoms with van der Waals surface area (Å²) in [7, 11) is 0. The van der Waals surface area contributed by atoms with Gasteiger partial charge in [0.1, 0.15) is 11.9 Å². The van der Waals surface area contributed by atoms with Crippen molar-refractivity contribution in [3.05, 3.63) is 28.8 Å². The first-order valence-corrected chi connectivity index (χ1v) is 7.98. The van der Waals surface area contributed by atoms with E-state index < -0.39 is 0 Å². The fraction of sp³-hybridized carbons (Fsp3) is 0.647. The average Bonchev–Trinajstić information content (AvgIpc) is 2.67. The van der Waals surface area contributed by atoms with Gasteiger partial charge in [-0.05, 0) is 55.8 Å². The van der Waals surface area contributed by atoms with Gasteiger partial charge in [0.15, 0.2) is 0 Å². The molecule has 0 amide bonds. The van der Waals surface area contributed by atoms with Gasteiger partial charge in [0.2, 0.25) is 0 Å². The SMILES string of the molecule is CCCNC1C(Oc2cc(Cl)ccc2C)CCC1(C)C. The molecule has 0 aromatic heterocycles. The third kappa shape index (κ3) is 3.48. The van der Waals surface area contributed by atoms with E-state index in [2.05, 4.69) is 33.0 Å². The van der Waals surface area contributed by atoms with Crippen LogP contribution in [0.3, 0.4) is 0 Å². The van der Waals surface area contributed by atoms with E-state index in [0.29, 0.717) is 6.04 Å². The van der Waals surface area contributed by atoms with Crippen molar-refractivity contribution >= 4 is 11.6 Å². The fourth-order valence-corrected chi connectivity index (χ4v) is 3.20. The molecule has 1 N–H and O–H groups in total. The minimum absolute atomic E-state index is 0.230. The molecule has 1 aliphatic carbocycles. The zero-order chi connectivity index (χ0) is 14.8. The lowest BCUT2D eigenvalue weighted by molar-refractivity contribution is 0.139. The molecule has 0 radical (unpaired) electrons. The Balaban J connectivity index is 2.13. The van der Waals surface area contributed by atoms with Crippen molar-refractivity contribution in [2.75, 3.05) is 6.54 Å². The van der Waals surface area contributed by atoms with Crippen LogP contribution < -0.4 is 10.1 Å². The van der Waals surface area contributed by atoms with Gasteiger partial charge >= 0.3 is 0 Å². The van der Waals surface area contributed by atoms with Crippen molar-refractivity contribution in [2.24, 2.45) is 5.41 Å². The molecule has 20 heavy (non-hydrogen) atoms. The summed E-state index contributed by atoms with van der Waals surface area (Å²) >= 11 is 6.08. The van der Waals surface area contributed by atoms with Crippen LogP contribution in [-0.2, 0) is 0 Å². The summed E-state index contributed by atoms with van der Waals surface area (Å²) in [5.41, 5.74) is 1.43. The van der Waals surface area contributed by atoms with E-state index in [1.165, 1.54) is 6.42 Å². The Morgan fingerprint density at radius 2 is 2.15 bits per heavy atom. The maximum Gasteiger partial charge on any atom is 0.124 e. The Morgan fingerprint density at radius 1 is 1.40 bits per heavy atom. The first kappa shape index (κ1) is 15.7. The zero-order valence-corrected chi connectivity index (χ0v) is 13.8. The number of halogens is 1. The molecule has 112 valence electrons. The van der Waals surface area contributed by atoms with Crippen molar-refractivity contribution < 1.29 is 4.74 Å². The summed E-state index contributed by atoms with van der Waals surface area (Å²) in [5.74, 6) is 0.920. The summed E-state index contributed by atoms with van der Waals surface area (Å²) in [5, 5.41) is 4.40. The standard InChI is InChI=1S/C17H26ClNO/c1-5-10-19-16-14(8-9-17(16,3)4)20-15-11-13(18)7-6-12(15)2/h6-7,11,14,16,19H,5,8-10H2,1-4H3. The van der Waals surface area contributed by atoms with Crippen molar-refractivity contribution in [3.63, 3.8) is 0 Å². The van der Waals surface area contributed by atoms with Crippen LogP contribution in [0, 0.1) is 12.3 Å². The lowest BCUT2D eigenvalue weighted by Gasteiger charge is -2.32. The van der Waals surface area contributed by atoms with Gasteiger partial charge in [0.25, 0.3) is 0 Å². The first-order chi connectivity index (χ1) is 9.44. The van der Waals surface area contributed by atoms with E-state index in [-0.39, 0.29) is 11.5 Å². The summed E-state index contributed by atoms with van der Waals surface area (Å²) < 4.78 is 6.29. The molecule has 1 aliphatic rings. The molecule has 0 saturated heterocycles. The van der Waals surface area contributed by atoms with Crippen molar-refractivity contribution in [1.82, 2.24) is 5.32 Å². The van der Waals surface area contributed by atoms with Gasteiger partial charge in [-0.15, -0.1) is 0 Å². The van der Waals surface area contributed by atoms with Gasteiger partial charge in [-0.1, -0.05) is 38.4 Å². The smallest absolute Gasteiger partial charge is 0.124 e. The van der Waals surface area contributed by atoms with Crippen molar-refractivity contribution in [1.29, 1.82) is 0 Å². The van der Waals surface area contributed by atoms with E-state index in [0.717, 1.165) is 35.7 Å². The van der Waals surface area contributed by atoms with Crippen LogP contribution in [-0.4, -0.2) is 18.7 Å². The van der Waals surface area contributed by atoms with Crippen LogP contribution >= 0.6 is 11.6 Å². The molecule has 1 aromatic carbocycles. The topological polar surface area (TPSA) is 21.3 Å². The Bertz CT molecular complexity index is 458. The fourth-order valence-electron chi connectivity index (χ4n) is 3.04. The van der Waals surface area contributed by atoms with Crippen LogP contribution in [0.15, 0.2) is 18.2 Å². The van der Waals surface area contributed by atoms with E-state index in [1.54, 1.807) is 0 Å². The number of aryl methyl sites for hydroxylation is 1. The molecule has 2 unspecified atom stereocenters. The van der Waals surface area contributed by atoms with Crippen molar-refractivity contribution in [2.45, 2.75) is 59.1 Å². The van der Waals surface area contributed by atoms with Gasteiger partial charge in [0.05, 0.1) is 0 Å². The molecule has 2 rings (SSSR count). The summed E-state index contributed by atoms with van der Waals surface area (Å²) in [6.07, 6.45) is 3.67. The maximum absolute atomic E-state index is 6.29. The number of nitrogens with one attached hydrogen (secondary N) is 1. The number of hydrogen-bond donors (Lipinski definition) is 1. The third-order valence-corrected chi connectivity index (χ3v) is 4.56. The van der Waals surface area contributed by atoms with E-state index in [4.69, 9.17) is 16.3 Å². The second kappa shape index (κ2) is 6.36. The Morgan fingerprint density at radius 3 is 2.85 bits per heavy atom. The molecular weight excluding hydrogens is 270 g/mol. The minimum atomic E-state index is 0.230. The maximum atomic E-state index is 6.29. The predicted octanol–water partition coefficient (Wildman–Crippen LogP) is 4.58. The highest BCUT2D eigenvalue weighted by Crippen LogP contribution is 2.40. The average molecular weight is 296 g/mol. The van der Waals surface area contributed by atoms with Crippen LogP contribution in [0.25, 0.3) is 0 Å². The van der Waals surface area contributed by atoms with Crippen LogP contribution in [0.1, 0.15) is 45.6 Å². The molecule has 0 spiro atoms. The van der Waals surface area contributed by atoms with Gasteiger partial charge in [-0.3, -0.25) is 0 Å². The Hall–Kier alpha value is -0.730. The zero-order valence-electron chi connectivity index (χ0n) is 13.0. The van der Waals surface area contributed by atoms with E-state index in [1.807, 2.05) is 18.2 Å². The Kier molecular flexibility index (Phi) is 4.98. The molecule has 1 saturated carbocycles. The molecule has 1 fully saturated rings. The lowest BCUT2D eigenvalue weighted by Crippen LogP contribution is -2.47. The van der Waals surface area contributed by atoms with E-state index in [9.17, 15) is 0 Å². The highest BCUT2D eigenvalue weighted by atomic mass is 35.5. The second-order valence-electron chi connectivity index (χ2n) is 6.53. The Labute approximate surface area is 127 Å². The van der Waals surface area contributed by atoms with Gasteiger partial charge in [0, 0.05) is 11.1 Å². The number of benzene rings is 1. The highest BCUT2D eigenvalue weighted by molar-refractivity contribution is 6.30. The molecule has 0 aliphatic heterocycles. The van der Waals surface area contributed by atoms with Crippen LogP contribution in [0.2, 0.25) is 5.02 Å². The van der Waals surface area contributed by atoms with Gasteiger partial charge in [-0.2, -0.15) is 0 Å². The molecule has 2 nitrogen and oxygen atoms in total. The molecule has 0 heterocycles. The summed E-state index contributed by atoms with van der Waals surface area (Å²) in [4.78, 5) is 0. The summed E-state index contributed by atoms with van der Waals surface area (Å²) in [6.45, 7) is 9.97. The number of ether oxygens (including phenoxy) is 1. The van der Waals surface area contributed by atoms with Crippen LogP contribution in [0.4, 0.5) is 0 Å². The minimum Gasteiger partial charge on any atom is -0.488 e. The largest absolute Gasteiger partial charge is 0.488 e. The third-order valence-electron chi connectivity index (χ3n) is 4.33. The summed E-state index contributed by atoms with van der Waals surface area (Å²) in [6, 6.07) is 6.27. The molecular formula is C17H26ClNO. The van der Waals surface area contributed by atoms with Crippen LogP contribution in [0.5, 0.6) is 5.75 Å². The van der Waals surface area contributed by atoms with Gasteiger partial charge in [-0.25, -0.2) is 0 Å². The normalized spacial score (nSPS) is 24.9. The monoisotopic (exact) mass is 295 g/mol. The molecule has 3 heteroatoms. The predicted molar refractivity (Wildman–Crippen MR) is 85.7 cm³/mol. The highest BCUT2D eigenvalue weighted by Gasteiger charge is 2.43. The van der Waals surface area contributed by atoms with Crippen molar-refractivity contribution in [3.8, 4) is 5.75 Å². The number of rotatable bonds is 5. The second-order valence-corrected chi connectivity index (χ2v) is 6.96. The lowest BCUT2D eigenvalue weighted by atomic mass is 9.87. The quantitative estimate of drug-likeness (QED) is 0.858. The number of hydrogen-bond acceptors (Lipinski definition) is 2. The van der Waals surface area contributed by atoms with E-state index >= 15 is 0 Å². The first-order valence-electron chi connectivity index (χ1n) is 7.60.